The number of hydrogen-bond acceptors (Lipinski definition) is 2. The summed E-state index contributed by atoms with van der Waals surface area (Å²) in [6.07, 6.45) is 4.94. The number of fused-ring (bicyclic) bond motifs is 5. The van der Waals surface area contributed by atoms with Crippen LogP contribution in [-0.2, 0) is 0 Å². The minimum absolute atomic E-state index is 0.318. The molecule has 2 aromatic heterocycles. The van der Waals surface area contributed by atoms with Crippen LogP contribution in [0.3, 0.4) is 0 Å². The van der Waals surface area contributed by atoms with Crippen molar-refractivity contribution in [3.63, 3.8) is 0 Å². The summed E-state index contributed by atoms with van der Waals surface area (Å²) in [6, 6.07) is 3.69. The monoisotopic (exact) mass is 307 g/mol. The van der Waals surface area contributed by atoms with E-state index in [4.69, 9.17) is 4.98 Å². The summed E-state index contributed by atoms with van der Waals surface area (Å²) in [5.41, 5.74) is 1.56. The van der Waals surface area contributed by atoms with Crippen LogP contribution in [0, 0.1) is 5.82 Å². The molecule has 0 saturated heterocycles. The van der Waals surface area contributed by atoms with Crippen LogP contribution in [0.1, 0.15) is 37.0 Å². The molecule has 4 rings (SSSR count). The van der Waals surface area contributed by atoms with Crippen LogP contribution >= 0.6 is 15.9 Å². The first-order valence-electron chi connectivity index (χ1n) is 6.13. The summed E-state index contributed by atoms with van der Waals surface area (Å²) < 4.78 is 16.2. The van der Waals surface area contributed by atoms with Crippen LogP contribution in [0.15, 0.2) is 22.9 Å². The Morgan fingerprint density at radius 1 is 1.33 bits per heavy atom. The maximum atomic E-state index is 12.9. The van der Waals surface area contributed by atoms with Crippen LogP contribution in [0.5, 0.6) is 0 Å². The van der Waals surface area contributed by atoms with Gasteiger partial charge in [-0.25, -0.2) is 9.37 Å². The maximum Gasteiger partial charge on any atom is 0.141 e. The molecule has 3 heterocycles. The van der Waals surface area contributed by atoms with E-state index in [1.54, 1.807) is 6.07 Å². The van der Waals surface area contributed by atoms with Crippen LogP contribution in [0.4, 0.5) is 4.39 Å². The maximum absolute atomic E-state index is 12.9. The topological polar surface area (TPSA) is 30.7 Å². The molecule has 2 aliphatic rings. The van der Waals surface area contributed by atoms with E-state index in [1.807, 2.05) is 0 Å². The van der Waals surface area contributed by atoms with Gasteiger partial charge in [0, 0.05) is 12.0 Å². The van der Waals surface area contributed by atoms with Crippen molar-refractivity contribution in [3.05, 3.63) is 34.6 Å². The Hall–Kier alpha value is -1.23. The molecule has 2 bridgehead atoms. The molecule has 2 aromatic rings. The van der Waals surface area contributed by atoms with Gasteiger partial charge in [-0.1, -0.05) is 0 Å². The van der Waals surface area contributed by atoms with Crippen molar-refractivity contribution in [2.24, 2.45) is 0 Å². The zero-order chi connectivity index (χ0) is 12.3. The van der Waals surface area contributed by atoms with Crippen LogP contribution in [0.2, 0.25) is 0 Å². The Morgan fingerprint density at radius 3 is 2.94 bits per heavy atom. The van der Waals surface area contributed by atoms with Crippen LogP contribution < -0.4 is 0 Å². The molecule has 0 spiro atoms. The lowest BCUT2D eigenvalue weighted by molar-refractivity contribution is 0.518. The predicted octanol–water partition coefficient (Wildman–Crippen LogP) is 3.67. The van der Waals surface area contributed by atoms with Crippen molar-refractivity contribution in [2.45, 2.75) is 31.2 Å². The van der Waals surface area contributed by atoms with Gasteiger partial charge in [0.05, 0.1) is 11.9 Å². The second kappa shape index (κ2) is 3.63. The Labute approximate surface area is 112 Å². The quantitative estimate of drug-likeness (QED) is 0.805. The predicted molar refractivity (Wildman–Crippen MR) is 68.7 cm³/mol. The molecular formula is C13H11BrFN3. The zero-order valence-electron chi connectivity index (χ0n) is 9.61. The van der Waals surface area contributed by atoms with E-state index in [1.165, 1.54) is 37.4 Å². The van der Waals surface area contributed by atoms with Gasteiger partial charge in [0.25, 0.3) is 0 Å². The summed E-state index contributed by atoms with van der Waals surface area (Å²) in [6.45, 7) is 0. The number of imidazole rings is 1. The van der Waals surface area contributed by atoms with E-state index >= 15 is 0 Å². The second-order valence-electron chi connectivity index (χ2n) is 5.00. The molecular weight excluding hydrogens is 297 g/mol. The summed E-state index contributed by atoms with van der Waals surface area (Å²) in [7, 11) is 0. The molecule has 1 saturated carbocycles. The van der Waals surface area contributed by atoms with Gasteiger partial charge in [-0.05, 0) is 47.3 Å². The smallest absolute Gasteiger partial charge is 0.141 e. The van der Waals surface area contributed by atoms with E-state index in [9.17, 15) is 4.39 Å². The molecule has 2 unspecified atom stereocenters. The molecule has 18 heavy (non-hydrogen) atoms. The highest BCUT2D eigenvalue weighted by molar-refractivity contribution is 9.10. The van der Waals surface area contributed by atoms with Crippen molar-refractivity contribution in [3.8, 4) is 11.4 Å². The molecule has 92 valence electrons. The number of hydrogen-bond donors (Lipinski definition) is 0. The fourth-order valence-electron chi connectivity index (χ4n) is 3.17. The van der Waals surface area contributed by atoms with Gasteiger partial charge in [0.15, 0.2) is 0 Å². The molecule has 1 aliphatic carbocycles. The standard InChI is InChI=1S/C13H11BrFN3/c14-12-11(10-4-2-8(15)6-16-10)17-13-7-1-3-9(5-7)18(12)13/h2,4,6-7,9H,1,3,5H2. The first kappa shape index (κ1) is 10.7. The molecule has 0 radical (unpaired) electrons. The highest BCUT2D eigenvalue weighted by Crippen LogP contribution is 2.51. The summed E-state index contributed by atoms with van der Waals surface area (Å²) >= 11 is 3.63. The van der Waals surface area contributed by atoms with Gasteiger partial charge in [-0.2, -0.15) is 0 Å². The van der Waals surface area contributed by atoms with Crippen molar-refractivity contribution < 1.29 is 4.39 Å². The van der Waals surface area contributed by atoms with Gasteiger partial charge >= 0.3 is 0 Å². The second-order valence-corrected chi connectivity index (χ2v) is 5.76. The highest BCUT2D eigenvalue weighted by atomic mass is 79.9. The largest absolute Gasteiger partial charge is 0.319 e. The Bertz CT molecular complexity index is 620. The lowest BCUT2D eigenvalue weighted by atomic mass is 10.1. The van der Waals surface area contributed by atoms with Crippen molar-refractivity contribution in [1.29, 1.82) is 0 Å². The molecule has 1 fully saturated rings. The van der Waals surface area contributed by atoms with Crippen LogP contribution in [0.25, 0.3) is 11.4 Å². The highest BCUT2D eigenvalue weighted by Gasteiger charge is 2.40. The van der Waals surface area contributed by atoms with Crippen molar-refractivity contribution in [1.82, 2.24) is 14.5 Å². The third-order valence-electron chi connectivity index (χ3n) is 3.99. The molecule has 2 atom stereocenters. The van der Waals surface area contributed by atoms with Crippen molar-refractivity contribution in [2.75, 3.05) is 0 Å². The number of rotatable bonds is 1. The van der Waals surface area contributed by atoms with Gasteiger partial charge < -0.3 is 4.57 Å². The number of nitrogens with zero attached hydrogens (tertiary/aromatic N) is 3. The first-order valence-corrected chi connectivity index (χ1v) is 6.93. The zero-order valence-corrected chi connectivity index (χ0v) is 11.2. The third kappa shape index (κ3) is 1.34. The SMILES string of the molecule is Fc1ccc(-c2nc3n(c2Br)C2CCC3C2)nc1. The lowest BCUT2D eigenvalue weighted by Gasteiger charge is -2.13. The Kier molecular flexibility index (Phi) is 2.15. The fraction of sp³-hybridized carbons (Fsp3) is 0.385. The van der Waals surface area contributed by atoms with E-state index in [0.29, 0.717) is 12.0 Å². The van der Waals surface area contributed by atoms with E-state index in [2.05, 4.69) is 25.5 Å². The normalized spacial score (nSPS) is 24.6. The molecule has 0 amide bonds. The number of aromatic nitrogens is 3. The average molecular weight is 308 g/mol. The van der Waals surface area contributed by atoms with Gasteiger partial charge in [-0.15, -0.1) is 0 Å². The van der Waals surface area contributed by atoms with Crippen molar-refractivity contribution >= 4 is 15.9 Å². The fourth-order valence-corrected chi connectivity index (χ4v) is 3.93. The molecule has 3 nitrogen and oxygen atoms in total. The Morgan fingerprint density at radius 2 is 2.22 bits per heavy atom. The summed E-state index contributed by atoms with van der Waals surface area (Å²) in [5.74, 6) is 1.45. The number of halogens is 2. The first-order chi connectivity index (χ1) is 8.74. The minimum atomic E-state index is -0.318. The van der Waals surface area contributed by atoms with Crippen LogP contribution in [-0.4, -0.2) is 14.5 Å². The van der Waals surface area contributed by atoms with Gasteiger partial charge in [0.1, 0.15) is 21.9 Å². The molecule has 0 aromatic carbocycles. The van der Waals surface area contributed by atoms with Gasteiger partial charge in [-0.3, -0.25) is 4.98 Å². The van der Waals surface area contributed by atoms with Gasteiger partial charge in [0.2, 0.25) is 0 Å². The van der Waals surface area contributed by atoms with E-state index in [-0.39, 0.29) is 5.82 Å². The Balaban J connectivity index is 1.86. The molecule has 0 N–H and O–H groups in total. The van der Waals surface area contributed by atoms with E-state index < -0.39 is 0 Å². The third-order valence-corrected chi connectivity index (χ3v) is 4.74. The molecule has 1 aliphatic heterocycles. The lowest BCUT2D eigenvalue weighted by Crippen LogP contribution is -2.06. The summed E-state index contributed by atoms with van der Waals surface area (Å²) in [4.78, 5) is 8.82. The number of pyridine rings is 1. The summed E-state index contributed by atoms with van der Waals surface area (Å²) in [5, 5.41) is 0. The van der Waals surface area contributed by atoms with E-state index in [0.717, 1.165) is 16.0 Å². The average Bonchev–Trinajstić information content (AvgIpc) is 3.03. The molecule has 5 heteroatoms. The minimum Gasteiger partial charge on any atom is -0.319 e.